The molecular formula is C24H24N4O. The van der Waals surface area contributed by atoms with Gasteiger partial charge in [-0.2, -0.15) is 5.26 Å². The van der Waals surface area contributed by atoms with Crippen molar-refractivity contribution < 1.29 is 4.74 Å². The molecule has 0 aliphatic carbocycles. The highest BCUT2D eigenvalue weighted by Crippen LogP contribution is 2.28. The summed E-state index contributed by atoms with van der Waals surface area (Å²) >= 11 is 0. The van der Waals surface area contributed by atoms with Gasteiger partial charge in [-0.25, -0.2) is 4.98 Å². The number of H-pyrrole nitrogens is 1. The molecule has 2 aromatic heterocycles. The second kappa shape index (κ2) is 8.34. The minimum Gasteiger partial charge on any atom is -0.378 e. The van der Waals surface area contributed by atoms with Crippen molar-refractivity contribution in [3.63, 3.8) is 0 Å². The summed E-state index contributed by atoms with van der Waals surface area (Å²) in [5.74, 6) is 0. The van der Waals surface area contributed by atoms with E-state index in [-0.39, 0.29) is 0 Å². The Balaban J connectivity index is 1.61. The minimum atomic E-state index is 0.629. The number of nitrogens with zero attached hydrogens (tertiary/aromatic N) is 3. The standard InChI is InChI=1S/C24H24N4O/c1-17(2)20(16-25)4-3-18-9-10-26-24-22(18)15-23(27-24)19-5-7-21(8-6-19)28-11-13-29-14-12-28/h4-10,15H,1,3,11-14H2,2H3,(H,26,27)/b20-4-. The van der Waals surface area contributed by atoms with Gasteiger partial charge < -0.3 is 14.6 Å². The molecule has 0 unspecified atom stereocenters. The maximum Gasteiger partial charge on any atom is 0.137 e. The molecular weight excluding hydrogens is 360 g/mol. The van der Waals surface area contributed by atoms with Crippen LogP contribution in [0.1, 0.15) is 12.5 Å². The zero-order chi connectivity index (χ0) is 20.2. The first-order valence-corrected chi connectivity index (χ1v) is 9.81. The molecule has 5 nitrogen and oxygen atoms in total. The SMILES string of the molecule is C=C(C)/C(C#N)=C\Cc1ccnc2[nH]c(-c3ccc(N4CCOCC4)cc3)cc12. The van der Waals surface area contributed by atoms with Crippen LogP contribution in [0.4, 0.5) is 5.69 Å². The Labute approximate surface area is 170 Å². The number of anilines is 1. The lowest BCUT2D eigenvalue weighted by Gasteiger charge is -2.28. The van der Waals surface area contributed by atoms with E-state index in [1.165, 1.54) is 5.69 Å². The Bertz CT molecular complexity index is 1100. The molecule has 146 valence electrons. The predicted octanol–water partition coefficient (Wildman–Crippen LogP) is 4.64. The molecule has 1 aromatic carbocycles. The molecule has 0 amide bonds. The Hall–Kier alpha value is -3.36. The van der Waals surface area contributed by atoms with E-state index in [0.29, 0.717) is 12.0 Å². The normalized spacial score (nSPS) is 14.8. The van der Waals surface area contributed by atoms with E-state index in [1.807, 2.05) is 19.1 Å². The van der Waals surface area contributed by atoms with Crippen molar-refractivity contribution in [2.45, 2.75) is 13.3 Å². The van der Waals surface area contributed by atoms with Crippen LogP contribution in [-0.4, -0.2) is 36.3 Å². The largest absolute Gasteiger partial charge is 0.378 e. The summed E-state index contributed by atoms with van der Waals surface area (Å²) in [5, 5.41) is 10.3. The highest BCUT2D eigenvalue weighted by molar-refractivity contribution is 5.86. The van der Waals surface area contributed by atoms with Crippen molar-refractivity contribution in [1.29, 1.82) is 5.26 Å². The van der Waals surface area contributed by atoms with Crippen molar-refractivity contribution in [3.05, 3.63) is 72.0 Å². The fourth-order valence-electron chi connectivity index (χ4n) is 3.62. The molecule has 4 rings (SSSR count). The number of hydrogen-bond donors (Lipinski definition) is 1. The first-order valence-electron chi connectivity index (χ1n) is 9.81. The number of aromatic amines is 1. The molecule has 1 aliphatic rings. The number of ether oxygens (including phenoxy) is 1. The average Bonchev–Trinajstić information content (AvgIpc) is 3.20. The first-order chi connectivity index (χ1) is 14.2. The van der Waals surface area contributed by atoms with Crippen LogP contribution in [0.2, 0.25) is 0 Å². The fourth-order valence-corrected chi connectivity index (χ4v) is 3.62. The van der Waals surface area contributed by atoms with Gasteiger partial charge in [0.2, 0.25) is 0 Å². The molecule has 0 saturated carbocycles. The van der Waals surface area contributed by atoms with Crippen LogP contribution in [0, 0.1) is 11.3 Å². The van der Waals surface area contributed by atoms with Crippen molar-refractivity contribution in [2.75, 3.05) is 31.2 Å². The van der Waals surface area contributed by atoms with Gasteiger partial charge in [-0.05, 0) is 54.3 Å². The van der Waals surface area contributed by atoms with E-state index in [0.717, 1.165) is 59.7 Å². The van der Waals surface area contributed by atoms with Crippen molar-refractivity contribution in [1.82, 2.24) is 9.97 Å². The summed E-state index contributed by atoms with van der Waals surface area (Å²) in [4.78, 5) is 10.3. The highest BCUT2D eigenvalue weighted by Gasteiger charge is 2.12. The van der Waals surface area contributed by atoms with Gasteiger partial charge in [0, 0.05) is 36.1 Å². The minimum absolute atomic E-state index is 0.629. The van der Waals surface area contributed by atoms with Crippen molar-refractivity contribution in [3.8, 4) is 17.3 Å². The molecule has 5 heteroatoms. The summed E-state index contributed by atoms with van der Waals surface area (Å²) in [6, 6.07) is 15.0. The maximum atomic E-state index is 9.25. The Morgan fingerprint density at radius 1 is 1.28 bits per heavy atom. The third-order valence-corrected chi connectivity index (χ3v) is 5.28. The second-order valence-corrected chi connectivity index (χ2v) is 7.28. The van der Waals surface area contributed by atoms with Gasteiger partial charge in [0.05, 0.1) is 24.9 Å². The maximum absolute atomic E-state index is 9.25. The molecule has 3 heterocycles. The van der Waals surface area contributed by atoms with E-state index in [4.69, 9.17) is 4.74 Å². The van der Waals surface area contributed by atoms with Gasteiger partial charge in [-0.3, -0.25) is 0 Å². The summed E-state index contributed by atoms with van der Waals surface area (Å²) in [6.45, 7) is 9.15. The van der Waals surface area contributed by atoms with Gasteiger partial charge in [0.1, 0.15) is 5.65 Å². The van der Waals surface area contributed by atoms with Crippen LogP contribution < -0.4 is 4.90 Å². The van der Waals surface area contributed by atoms with Gasteiger partial charge in [0.25, 0.3) is 0 Å². The number of morpholine rings is 1. The number of aromatic nitrogens is 2. The van der Waals surface area contributed by atoms with Crippen LogP contribution in [0.15, 0.2) is 66.4 Å². The average molecular weight is 384 g/mol. The van der Waals surface area contributed by atoms with E-state index < -0.39 is 0 Å². The smallest absolute Gasteiger partial charge is 0.137 e. The lowest BCUT2D eigenvalue weighted by Crippen LogP contribution is -2.36. The van der Waals surface area contributed by atoms with Crippen LogP contribution >= 0.6 is 0 Å². The Morgan fingerprint density at radius 3 is 2.72 bits per heavy atom. The van der Waals surface area contributed by atoms with Crippen molar-refractivity contribution in [2.24, 2.45) is 0 Å². The summed E-state index contributed by atoms with van der Waals surface area (Å²) in [5.41, 5.74) is 6.80. The monoisotopic (exact) mass is 384 g/mol. The van der Waals surface area contributed by atoms with Crippen LogP contribution in [0.5, 0.6) is 0 Å². The third-order valence-electron chi connectivity index (χ3n) is 5.28. The zero-order valence-corrected chi connectivity index (χ0v) is 16.6. The van der Waals surface area contributed by atoms with E-state index in [9.17, 15) is 5.26 Å². The lowest BCUT2D eigenvalue weighted by molar-refractivity contribution is 0.122. The van der Waals surface area contributed by atoms with E-state index in [2.05, 4.69) is 57.8 Å². The van der Waals surface area contributed by atoms with E-state index >= 15 is 0 Å². The Morgan fingerprint density at radius 2 is 2.03 bits per heavy atom. The molecule has 0 atom stereocenters. The number of rotatable bonds is 5. The highest BCUT2D eigenvalue weighted by atomic mass is 16.5. The van der Waals surface area contributed by atoms with Gasteiger partial charge in [-0.15, -0.1) is 0 Å². The molecule has 29 heavy (non-hydrogen) atoms. The van der Waals surface area contributed by atoms with Crippen LogP contribution in [0.3, 0.4) is 0 Å². The number of fused-ring (bicyclic) bond motifs is 1. The lowest BCUT2D eigenvalue weighted by atomic mass is 10.0. The quantitative estimate of drug-likeness (QED) is 0.514. The number of nitrogens with one attached hydrogen (secondary N) is 1. The molecule has 1 saturated heterocycles. The molecule has 0 bridgehead atoms. The fraction of sp³-hybridized carbons (Fsp3) is 0.250. The summed E-state index contributed by atoms with van der Waals surface area (Å²) < 4.78 is 5.43. The first kappa shape index (κ1) is 19.0. The third kappa shape index (κ3) is 4.08. The van der Waals surface area contributed by atoms with Crippen molar-refractivity contribution >= 4 is 16.7 Å². The molecule has 1 fully saturated rings. The summed E-state index contributed by atoms with van der Waals surface area (Å²) in [6.07, 6.45) is 4.41. The number of pyridine rings is 1. The molecule has 1 aliphatic heterocycles. The second-order valence-electron chi connectivity index (χ2n) is 7.28. The van der Waals surface area contributed by atoms with E-state index in [1.54, 1.807) is 6.20 Å². The zero-order valence-electron chi connectivity index (χ0n) is 16.6. The van der Waals surface area contributed by atoms with Gasteiger partial charge >= 0.3 is 0 Å². The Kier molecular flexibility index (Phi) is 5.46. The number of hydrogen-bond acceptors (Lipinski definition) is 4. The molecule has 0 spiro atoms. The predicted molar refractivity (Wildman–Crippen MR) is 117 cm³/mol. The van der Waals surface area contributed by atoms with Crippen LogP contribution in [-0.2, 0) is 11.2 Å². The number of benzene rings is 1. The summed E-state index contributed by atoms with van der Waals surface area (Å²) in [7, 11) is 0. The van der Waals surface area contributed by atoms with Gasteiger partial charge in [0.15, 0.2) is 0 Å². The molecule has 0 radical (unpaired) electrons. The van der Waals surface area contributed by atoms with Crippen LogP contribution in [0.25, 0.3) is 22.3 Å². The molecule has 1 N–H and O–H groups in total. The number of nitriles is 1. The van der Waals surface area contributed by atoms with Gasteiger partial charge in [-0.1, -0.05) is 24.8 Å². The topological polar surface area (TPSA) is 64.9 Å². The number of allylic oxidation sites excluding steroid dienone is 3. The molecule has 3 aromatic rings.